The average Bonchev–Trinajstić information content (AvgIpc) is 3.19. The number of anilines is 1. The minimum absolute atomic E-state index is 0.0443. The van der Waals surface area contributed by atoms with Crippen molar-refractivity contribution in [2.24, 2.45) is 0 Å². The number of nitrogens with one attached hydrogen (secondary N) is 1. The number of hydrogen-bond acceptors (Lipinski definition) is 6. The van der Waals surface area contributed by atoms with E-state index in [1.54, 1.807) is 23.1 Å². The number of rotatable bonds is 4. The van der Waals surface area contributed by atoms with Gasteiger partial charge >= 0.3 is 0 Å². The second-order valence-corrected chi connectivity index (χ2v) is 9.97. The molecule has 0 unspecified atom stereocenters. The van der Waals surface area contributed by atoms with E-state index in [0.717, 1.165) is 10.9 Å². The number of benzene rings is 2. The van der Waals surface area contributed by atoms with Crippen LogP contribution in [0.3, 0.4) is 0 Å². The fourth-order valence-corrected chi connectivity index (χ4v) is 5.43. The summed E-state index contributed by atoms with van der Waals surface area (Å²) in [7, 11) is -3.84. The molecule has 1 aliphatic rings. The molecule has 0 spiro atoms. The number of nitrogens with zero attached hydrogens (tertiary/aromatic N) is 4. The predicted octanol–water partition coefficient (Wildman–Crippen LogP) is 2.38. The first-order valence-electron chi connectivity index (χ1n) is 9.86. The Bertz CT molecular complexity index is 1470. The number of piperazine rings is 1. The van der Waals surface area contributed by atoms with Crippen molar-refractivity contribution >= 4 is 55.2 Å². The minimum Gasteiger partial charge on any atom is -0.383 e. The normalized spacial score (nSPS) is 15.7. The molecule has 3 N–H and O–H groups in total. The summed E-state index contributed by atoms with van der Waals surface area (Å²) < 4.78 is 27.4. The van der Waals surface area contributed by atoms with E-state index in [9.17, 15) is 13.2 Å². The van der Waals surface area contributed by atoms with Gasteiger partial charge < -0.3 is 15.6 Å². The van der Waals surface area contributed by atoms with Gasteiger partial charge in [0.1, 0.15) is 17.2 Å². The molecule has 1 saturated heterocycles. The molecular formula is C21H19ClN6O3S. The Labute approximate surface area is 188 Å². The maximum atomic E-state index is 13.1. The molecule has 0 radical (unpaired) electrons. The van der Waals surface area contributed by atoms with Crippen LogP contribution >= 0.6 is 11.6 Å². The van der Waals surface area contributed by atoms with Crippen molar-refractivity contribution in [3.05, 3.63) is 59.4 Å². The quantitative estimate of drug-likeness (QED) is 0.471. The van der Waals surface area contributed by atoms with Gasteiger partial charge in [-0.1, -0.05) is 17.7 Å². The van der Waals surface area contributed by atoms with Crippen LogP contribution in [0.4, 0.5) is 5.82 Å². The van der Waals surface area contributed by atoms with Gasteiger partial charge in [-0.3, -0.25) is 4.79 Å². The summed E-state index contributed by atoms with van der Waals surface area (Å²) in [5, 5.41) is 2.01. The molecule has 0 aliphatic carbocycles. The Hall–Kier alpha value is -3.21. The van der Waals surface area contributed by atoms with Crippen LogP contribution in [0.25, 0.3) is 21.8 Å². The number of aromatic nitrogens is 3. The number of aromatic amines is 1. The lowest BCUT2D eigenvalue weighted by Gasteiger charge is -2.33. The number of H-pyrrole nitrogens is 1. The van der Waals surface area contributed by atoms with Gasteiger partial charge in [-0.25, -0.2) is 18.4 Å². The first kappa shape index (κ1) is 20.7. The fourth-order valence-electron chi connectivity index (χ4n) is 3.86. The summed E-state index contributed by atoms with van der Waals surface area (Å²) in [6.07, 6.45) is 1.40. The monoisotopic (exact) mass is 470 g/mol. The number of nitrogen functional groups attached to an aromatic ring is 1. The Morgan fingerprint density at radius 1 is 1.09 bits per heavy atom. The van der Waals surface area contributed by atoms with Crippen molar-refractivity contribution in [1.82, 2.24) is 24.2 Å². The van der Waals surface area contributed by atoms with Crippen molar-refractivity contribution in [3.63, 3.8) is 0 Å². The molecule has 2 aromatic heterocycles. The van der Waals surface area contributed by atoms with E-state index in [2.05, 4.69) is 15.0 Å². The zero-order valence-corrected chi connectivity index (χ0v) is 18.4. The molecule has 2 aromatic carbocycles. The van der Waals surface area contributed by atoms with E-state index < -0.39 is 10.0 Å². The number of halogens is 1. The van der Waals surface area contributed by atoms with Crippen molar-refractivity contribution < 1.29 is 13.2 Å². The second kappa shape index (κ2) is 7.73. The molecule has 164 valence electrons. The standard InChI is InChI=1S/C21H19ClN6O3S/c22-15-2-4-17-14(8-15)9-19(26-17)32(30,31)28-6-5-27(20(29)11-28)10-13-1-3-16-18(7-13)24-12-25-21(16)23/h1-4,7-9,12,26H,5-6,10-11H2,(H2,23,24,25). The Morgan fingerprint density at radius 2 is 1.94 bits per heavy atom. The number of carbonyl (C=O) groups excluding carboxylic acids is 1. The molecule has 32 heavy (non-hydrogen) atoms. The van der Waals surface area contributed by atoms with Crippen LogP contribution in [0.15, 0.2) is 53.8 Å². The summed E-state index contributed by atoms with van der Waals surface area (Å²) >= 11 is 6.00. The predicted molar refractivity (Wildman–Crippen MR) is 121 cm³/mol. The van der Waals surface area contributed by atoms with Crippen LogP contribution in [-0.2, 0) is 21.4 Å². The molecule has 0 bridgehead atoms. The van der Waals surface area contributed by atoms with E-state index in [0.29, 0.717) is 33.8 Å². The third-order valence-electron chi connectivity index (χ3n) is 5.56. The third kappa shape index (κ3) is 3.66. The molecule has 0 saturated carbocycles. The first-order valence-corrected chi connectivity index (χ1v) is 11.7. The van der Waals surface area contributed by atoms with Gasteiger partial charge in [0, 0.05) is 40.9 Å². The highest BCUT2D eigenvalue weighted by molar-refractivity contribution is 7.89. The number of amides is 1. The smallest absolute Gasteiger partial charge is 0.259 e. The Kier molecular flexibility index (Phi) is 5.00. The van der Waals surface area contributed by atoms with Crippen molar-refractivity contribution in [3.8, 4) is 0 Å². The number of hydrogen-bond donors (Lipinski definition) is 2. The topological polar surface area (TPSA) is 125 Å². The van der Waals surface area contributed by atoms with Gasteiger partial charge in [-0.15, -0.1) is 0 Å². The summed E-state index contributed by atoms with van der Waals surface area (Å²) in [6, 6.07) is 12.2. The van der Waals surface area contributed by atoms with E-state index in [4.69, 9.17) is 17.3 Å². The van der Waals surface area contributed by atoms with Gasteiger partial charge in [0.2, 0.25) is 5.91 Å². The fraction of sp³-hybridized carbons (Fsp3) is 0.190. The van der Waals surface area contributed by atoms with Crippen molar-refractivity contribution in [1.29, 1.82) is 0 Å². The highest BCUT2D eigenvalue weighted by Crippen LogP contribution is 2.25. The number of fused-ring (bicyclic) bond motifs is 2. The van der Waals surface area contributed by atoms with Gasteiger partial charge in [0.15, 0.2) is 0 Å². The lowest BCUT2D eigenvalue weighted by atomic mass is 10.1. The van der Waals surface area contributed by atoms with E-state index in [-0.39, 0.29) is 30.6 Å². The Balaban J connectivity index is 1.32. The zero-order valence-electron chi connectivity index (χ0n) is 16.8. The molecule has 1 aliphatic heterocycles. The number of sulfonamides is 1. The van der Waals surface area contributed by atoms with Gasteiger partial charge in [-0.2, -0.15) is 4.31 Å². The summed E-state index contributed by atoms with van der Waals surface area (Å²) in [5.41, 5.74) is 8.11. The minimum atomic E-state index is -3.84. The highest BCUT2D eigenvalue weighted by Gasteiger charge is 2.33. The molecule has 1 amide bonds. The van der Waals surface area contributed by atoms with Crippen LogP contribution < -0.4 is 5.73 Å². The number of carbonyl (C=O) groups is 1. The molecule has 4 aromatic rings. The second-order valence-electron chi connectivity index (χ2n) is 7.63. The zero-order chi connectivity index (χ0) is 22.5. The van der Waals surface area contributed by atoms with Crippen LogP contribution in [-0.4, -0.2) is 58.1 Å². The van der Waals surface area contributed by atoms with E-state index in [1.807, 2.05) is 18.2 Å². The maximum Gasteiger partial charge on any atom is 0.259 e. The number of nitrogens with two attached hydrogens (primary N) is 1. The lowest BCUT2D eigenvalue weighted by molar-refractivity contribution is -0.134. The van der Waals surface area contributed by atoms with Crippen LogP contribution in [0.5, 0.6) is 0 Å². The van der Waals surface area contributed by atoms with Gasteiger partial charge in [0.05, 0.1) is 12.1 Å². The summed E-state index contributed by atoms with van der Waals surface area (Å²) in [4.78, 5) is 25.5. The summed E-state index contributed by atoms with van der Waals surface area (Å²) in [6.45, 7) is 0.625. The summed E-state index contributed by atoms with van der Waals surface area (Å²) in [5.74, 6) is 0.136. The van der Waals surface area contributed by atoms with Crippen LogP contribution in [0.1, 0.15) is 5.56 Å². The molecular weight excluding hydrogens is 452 g/mol. The Morgan fingerprint density at radius 3 is 2.75 bits per heavy atom. The lowest BCUT2D eigenvalue weighted by Crippen LogP contribution is -2.51. The largest absolute Gasteiger partial charge is 0.383 e. The van der Waals surface area contributed by atoms with Crippen LogP contribution in [0, 0.1) is 0 Å². The third-order valence-corrected chi connectivity index (χ3v) is 7.57. The van der Waals surface area contributed by atoms with Crippen molar-refractivity contribution in [2.75, 3.05) is 25.4 Å². The van der Waals surface area contributed by atoms with Crippen molar-refractivity contribution in [2.45, 2.75) is 11.6 Å². The van der Waals surface area contributed by atoms with Gasteiger partial charge in [0.25, 0.3) is 10.0 Å². The molecule has 1 fully saturated rings. The SMILES string of the molecule is Nc1ncnc2cc(CN3CCN(S(=O)(=O)c4cc5cc(Cl)ccc5[nH]4)CC3=O)ccc12. The molecule has 9 nitrogen and oxygen atoms in total. The molecule has 11 heteroatoms. The molecule has 3 heterocycles. The van der Waals surface area contributed by atoms with E-state index >= 15 is 0 Å². The van der Waals surface area contributed by atoms with E-state index in [1.165, 1.54) is 16.7 Å². The van der Waals surface area contributed by atoms with Gasteiger partial charge in [-0.05, 0) is 42.0 Å². The maximum absolute atomic E-state index is 13.1. The van der Waals surface area contributed by atoms with Crippen LogP contribution in [0.2, 0.25) is 5.02 Å². The first-order chi connectivity index (χ1) is 15.3. The molecule has 5 rings (SSSR count). The molecule has 0 atom stereocenters. The highest BCUT2D eigenvalue weighted by atomic mass is 35.5. The average molecular weight is 471 g/mol.